The van der Waals surface area contributed by atoms with Crippen LogP contribution in [0.25, 0.3) is 28.0 Å². The highest BCUT2D eigenvalue weighted by Gasteiger charge is 2.20. The van der Waals surface area contributed by atoms with Crippen molar-refractivity contribution in [1.82, 2.24) is 49.1 Å². The first-order chi connectivity index (χ1) is 24.4. The zero-order chi connectivity index (χ0) is 34.8. The van der Waals surface area contributed by atoms with E-state index in [1.807, 2.05) is 60.7 Å². The van der Waals surface area contributed by atoms with Gasteiger partial charge in [-0.15, -0.1) is 20.5 Å². The lowest BCUT2D eigenvalue weighted by Gasteiger charge is -2.06. The number of anilines is 2. The van der Waals surface area contributed by atoms with Crippen molar-refractivity contribution in [3.63, 3.8) is 0 Å². The van der Waals surface area contributed by atoms with Crippen LogP contribution in [0.4, 0.5) is 40.3 Å². The molecule has 0 fully saturated rings. The van der Waals surface area contributed by atoms with Gasteiger partial charge in [0.1, 0.15) is 11.6 Å². The summed E-state index contributed by atoms with van der Waals surface area (Å²) in [5.41, 5.74) is 16.3. The third kappa shape index (κ3) is 5.46. The summed E-state index contributed by atoms with van der Waals surface area (Å²) in [5.74, 6) is 1.14. The van der Waals surface area contributed by atoms with Gasteiger partial charge in [-0.25, -0.2) is 19.2 Å². The van der Waals surface area contributed by atoms with E-state index in [0.29, 0.717) is 28.6 Å². The van der Waals surface area contributed by atoms with E-state index in [0.717, 1.165) is 0 Å². The average Bonchev–Trinajstić information content (AvgIpc) is 3.90. The van der Waals surface area contributed by atoms with E-state index in [-0.39, 0.29) is 51.8 Å². The Morgan fingerprint density at radius 2 is 1.28 bits per heavy atom. The number of hydrogen-bond acceptors (Lipinski definition) is 13. The number of rotatable bonds is 8. The summed E-state index contributed by atoms with van der Waals surface area (Å²) in [5, 5.41) is 44.6. The monoisotopic (exact) mass is 660 g/mol. The van der Waals surface area contributed by atoms with Gasteiger partial charge in [-0.2, -0.15) is 40.0 Å². The average molecular weight is 661 g/mol. The van der Waals surface area contributed by atoms with Crippen molar-refractivity contribution < 1.29 is 0 Å². The van der Waals surface area contributed by atoms with Crippen molar-refractivity contribution in [3.8, 4) is 29.2 Å². The zero-order valence-corrected chi connectivity index (χ0v) is 26.4. The Bertz CT molecular complexity index is 2330. The summed E-state index contributed by atoms with van der Waals surface area (Å²) in [6, 6.07) is 22.2. The molecule has 0 radical (unpaired) electrons. The first-order valence-corrected chi connectivity index (χ1v) is 14.8. The molecule has 0 saturated carbocycles. The molecule has 18 nitrogen and oxygen atoms in total. The number of benzene rings is 2. The lowest BCUT2D eigenvalue weighted by Crippen LogP contribution is -2.10. The molecule has 2 aromatic carbocycles. The second-order valence-corrected chi connectivity index (χ2v) is 10.5. The Balaban J connectivity index is 1.20. The highest BCUT2D eigenvalue weighted by atomic mass is 15.4. The van der Waals surface area contributed by atoms with E-state index in [1.54, 1.807) is 19.9 Å². The summed E-state index contributed by atoms with van der Waals surface area (Å²) < 4.78 is 5.74. The van der Waals surface area contributed by atoms with Crippen LogP contribution >= 0.6 is 0 Å². The van der Waals surface area contributed by atoms with E-state index in [4.69, 9.17) is 18.0 Å². The van der Waals surface area contributed by atoms with Gasteiger partial charge in [0, 0.05) is 12.3 Å². The quantitative estimate of drug-likeness (QED) is 0.138. The highest BCUT2D eigenvalue weighted by molar-refractivity contribution is 5.67. The molecule has 4 N–H and O–H groups in total. The number of hydrogen-bond donors (Lipinski definition) is 2. The lowest BCUT2D eigenvalue weighted by molar-refractivity contribution is 0.773. The van der Waals surface area contributed by atoms with Crippen LogP contribution in [0.3, 0.4) is 0 Å². The smallest absolute Gasteiger partial charge is 0.254 e. The molecule has 0 bridgehead atoms. The van der Waals surface area contributed by atoms with E-state index < -0.39 is 0 Å². The van der Waals surface area contributed by atoms with E-state index in [9.17, 15) is 5.26 Å². The Kier molecular flexibility index (Phi) is 7.84. The van der Waals surface area contributed by atoms with Gasteiger partial charge < -0.3 is 11.5 Å². The fourth-order valence-corrected chi connectivity index (χ4v) is 4.94. The predicted octanol–water partition coefficient (Wildman–Crippen LogP) is 6.25. The number of aryl methyl sites for hydroxylation is 2. The minimum atomic E-state index is 0.109. The molecule has 0 aliphatic heterocycles. The summed E-state index contributed by atoms with van der Waals surface area (Å²) in [4.78, 5) is 12.5. The van der Waals surface area contributed by atoms with Crippen molar-refractivity contribution in [3.05, 3.63) is 114 Å². The maximum atomic E-state index is 9.64. The molecule has 50 heavy (non-hydrogen) atoms. The molecular weight excluding hydrogens is 636 g/mol. The number of nitrogens with zero attached hydrogens (tertiary/aromatic N) is 16. The molecule has 242 valence electrons. The molecule has 0 aliphatic rings. The molecule has 0 unspecified atom stereocenters. The topological polar surface area (TPSA) is 227 Å². The van der Waals surface area contributed by atoms with Crippen LogP contribution in [0.15, 0.2) is 106 Å². The van der Waals surface area contributed by atoms with Crippen LogP contribution in [0.5, 0.6) is 0 Å². The summed E-state index contributed by atoms with van der Waals surface area (Å²) in [6.07, 6.45) is 4.35. The van der Waals surface area contributed by atoms with Gasteiger partial charge in [-0.1, -0.05) is 36.4 Å². The number of aromatic nitrogens is 10. The van der Waals surface area contributed by atoms with E-state index in [1.165, 1.54) is 37.3 Å². The summed E-state index contributed by atoms with van der Waals surface area (Å²) in [6.45, 7) is 11.0. The number of para-hydroxylation sites is 2. The van der Waals surface area contributed by atoms with Crippen LogP contribution in [0.2, 0.25) is 0 Å². The highest BCUT2D eigenvalue weighted by Crippen LogP contribution is 2.35. The SMILES string of the molecule is [C-]#[N+]c1cnn(-c2ccccc2)c1N=Nc1c(C)nn(-c2ccnc(-n3nc(C)c(N=Nc4c(C#N)cnn4-c4ccccc4)c3N)n2)c1N. The summed E-state index contributed by atoms with van der Waals surface area (Å²) >= 11 is 0. The molecule has 0 saturated heterocycles. The summed E-state index contributed by atoms with van der Waals surface area (Å²) in [7, 11) is 0. The molecule has 0 amide bonds. The normalized spacial score (nSPS) is 11.4. The fourth-order valence-electron chi connectivity index (χ4n) is 4.94. The van der Waals surface area contributed by atoms with Crippen LogP contribution in [-0.2, 0) is 0 Å². The number of nitrogen functional groups attached to an aromatic ring is 2. The van der Waals surface area contributed by atoms with Crippen molar-refractivity contribution >= 4 is 40.3 Å². The van der Waals surface area contributed by atoms with Gasteiger partial charge in [0.2, 0.25) is 0 Å². The molecule has 0 atom stereocenters. The van der Waals surface area contributed by atoms with Crippen LogP contribution in [0.1, 0.15) is 17.0 Å². The second kappa shape index (κ2) is 12.7. The number of nitriles is 1. The van der Waals surface area contributed by atoms with Gasteiger partial charge in [0.05, 0.1) is 41.7 Å². The largest absolute Gasteiger partial charge is 0.382 e. The molecule has 5 aromatic heterocycles. The number of nitrogens with two attached hydrogens (primary N) is 2. The second-order valence-electron chi connectivity index (χ2n) is 10.5. The molecule has 0 aliphatic carbocycles. The van der Waals surface area contributed by atoms with E-state index in [2.05, 4.69) is 61.7 Å². The Morgan fingerprint density at radius 3 is 1.90 bits per heavy atom. The van der Waals surface area contributed by atoms with Crippen molar-refractivity contribution in [1.29, 1.82) is 5.26 Å². The first-order valence-electron chi connectivity index (χ1n) is 14.8. The predicted molar refractivity (Wildman–Crippen MR) is 181 cm³/mol. The Hall–Kier alpha value is -7.86. The molecule has 7 aromatic rings. The third-order valence-electron chi connectivity index (χ3n) is 7.36. The van der Waals surface area contributed by atoms with Gasteiger partial charge in [0.25, 0.3) is 11.6 Å². The third-order valence-corrected chi connectivity index (χ3v) is 7.36. The minimum absolute atomic E-state index is 0.109. The van der Waals surface area contributed by atoms with Crippen molar-refractivity contribution in [2.45, 2.75) is 13.8 Å². The van der Waals surface area contributed by atoms with Crippen molar-refractivity contribution in [2.75, 3.05) is 11.5 Å². The van der Waals surface area contributed by atoms with Gasteiger partial charge >= 0.3 is 0 Å². The number of azo groups is 2. The standard InChI is InChI=1S/C32H24N18/c1-19-26(42-44-31-24(36-3)18-39-48(31)23-12-8-5-9-13-23)28(34)49(45-19)25-14-15-37-32(40-25)50-29(35)27(20(2)46-50)41-43-30-21(16-33)17-38-47(30)22-10-6-4-7-11-22/h4-15,17-18H,34-35H2,1-2H3. The minimum Gasteiger partial charge on any atom is -0.382 e. The van der Waals surface area contributed by atoms with Crippen LogP contribution in [0, 0.1) is 31.8 Å². The Morgan fingerprint density at radius 1 is 0.720 bits per heavy atom. The van der Waals surface area contributed by atoms with Gasteiger partial charge in [0.15, 0.2) is 40.5 Å². The van der Waals surface area contributed by atoms with Crippen LogP contribution < -0.4 is 11.5 Å². The molecule has 7 rings (SSSR count). The maximum absolute atomic E-state index is 9.64. The molecule has 5 heterocycles. The molecular formula is C32H24N18. The molecule has 0 spiro atoms. The van der Waals surface area contributed by atoms with Gasteiger partial charge in [-0.05, 0) is 38.1 Å². The van der Waals surface area contributed by atoms with E-state index >= 15 is 0 Å². The Labute approximate surface area is 283 Å². The van der Waals surface area contributed by atoms with Crippen LogP contribution in [-0.4, -0.2) is 49.1 Å². The van der Waals surface area contributed by atoms with Gasteiger partial charge in [-0.3, -0.25) is 0 Å². The zero-order valence-electron chi connectivity index (χ0n) is 26.4. The molecule has 18 heteroatoms. The first kappa shape index (κ1) is 30.8. The van der Waals surface area contributed by atoms with Crippen molar-refractivity contribution in [2.24, 2.45) is 20.5 Å². The fraction of sp³-hybridized carbons (Fsp3) is 0.0625. The maximum Gasteiger partial charge on any atom is 0.254 e. The lowest BCUT2D eigenvalue weighted by atomic mass is 10.3.